The Labute approximate surface area is 117 Å². The van der Waals surface area contributed by atoms with Gasteiger partial charge >= 0.3 is 5.97 Å². The van der Waals surface area contributed by atoms with Gasteiger partial charge in [0, 0.05) is 24.2 Å². The first kappa shape index (κ1) is 14.1. The van der Waals surface area contributed by atoms with Gasteiger partial charge in [-0.15, -0.1) is 5.92 Å². The maximum absolute atomic E-state index is 12.1. The van der Waals surface area contributed by atoms with Crippen molar-refractivity contribution in [3.05, 3.63) is 40.4 Å². The molecule has 104 valence electrons. The molecule has 5 heteroatoms. The lowest BCUT2D eigenvalue weighted by atomic mass is 9.94. The monoisotopic (exact) mass is 273 g/mol. The third-order valence-corrected chi connectivity index (χ3v) is 3.17. The molecule has 5 nitrogen and oxygen atoms in total. The zero-order valence-corrected chi connectivity index (χ0v) is 11.0. The smallest absolute Gasteiger partial charge is 0.326 e. The van der Waals surface area contributed by atoms with Crippen LogP contribution in [0.2, 0.25) is 0 Å². The van der Waals surface area contributed by atoms with Crippen molar-refractivity contribution in [1.29, 1.82) is 0 Å². The first-order valence-corrected chi connectivity index (χ1v) is 6.55. The highest BCUT2D eigenvalue weighted by molar-refractivity contribution is 5.78. The number of carbonyl (C=O) groups excluding carboxylic acids is 1. The third-order valence-electron chi connectivity index (χ3n) is 3.17. The molecule has 0 heterocycles. The highest BCUT2D eigenvalue weighted by atomic mass is 16.6. The molecule has 0 aliphatic heterocycles. The molecule has 1 aromatic rings. The standard InChI is InChI=1S/C15H15NO4/c17-15(20-14-9-5-2-6-10-14)12-7-3-1-4-8-13(11-12)16(18)19/h2,5-6,9-10,12-13H,1,4,8,11H2. The molecule has 0 bridgehead atoms. The van der Waals surface area contributed by atoms with Gasteiger partial charge in [0.05, 0.1) is 0 Å². The minimum absolute atomic E-state index is 0.117. The number of nitro groups is 1. The van der Waals surface area contributed by atoms with Crippen LogP contribution in [0.15, 0.2) is 30.3 Å². The van der Waals surface area contributed by atoms with Crippen LogP contribution in [0.5, 0.6) is 5.75 Å². The van der Waals surface area contributed by atoms with E-state index in [1.165, 1.54) is 0 Å². The summed E-state index contributed by atoms with van der Waals surface area (Å²) in [5.41, 5.74) is 0. The Balaban J connectivity index is 2.07. The quantitative estimate of drug-likeness (QED) is 0.279. The molecule has 2 rings (SSSR count). The molecule has 1 aromatic carbocycles. The second-order valence-corrected chi connectivity index (χ2v) is 4.67. The molecule has 0 radical (unpaired) electrons. The van der Waals surface area contributed by atoms with E-state index in [0.717, 1.165) is 0 Å². The van der Waals surface area contributed by atoms with Crippen LogP contribution in [-0.2, 0) is 4.79 Å². The average molecular weight is 273 g/mol. The Bertz CT molecular complexity index is 544. The zero-order valence-electron chi connectivity index (χ0n) is 11.0. The first-order chi connectivity index (χ1) is 9.66. The highest BCUT2D eigenvalue weighted by Crippen LogP contribution is 2.19. The fourth-order valence-electron chi connectivity index (χ4n) is 2.09. The Morgan fingerprint density at radius 2 is 2.10 bits per heavy atom. The van der Waals surface area contributed by atoms with E-state index < -0.39 is 17.9 Å². The van der Waals surface area contributed by atoms with Crippen LogP contribution in [0.25, 0.3) is 0 Å². The van der Waals surface area contributed by atoms with Crippen LogP contribution in [0, 0.1) is 27.9 Å². The van der Waals surface area contributed by atoms with E-state index in [0.29, 0.717) is 25.0 Å². The number of rotatable bonds is 3. The summed E-state index contributed by atoms with van der Waals surface area (Å²) >= 11 is 0. The summed E-state index contributed by atoms with van der Waals surface area (Å²) in [6.45, 7) is 0. The van der Waals surface area contributed by atoms with Crippen LogP contribution in [-0.4, -0.2) is 16.9 Å². The predicted octanol–water partition coefficient (Wildman–Crippen LogP) is 2.43. The molecule has 2 atom stereocenters. The van der Waals surface area contributed by atoms with Gasteiger partial charge in [0.15, 0.2) is 0 Å². The summed E-state index contributed by atoms with van der Waals surface area (Å²) in [6, 6.07) is 7.94. The van der Waals surface area contributed by atoms with Crippen molar-refractivity contribution in [3.63, 3.8) is 0 Å². The largest absolute Gasteiger partial charge is 0.426 e. The normalized spacial score (nSPS) is 21.8. The van der Waals surface area contributed by atoms with Gasteiger partial charge in [0.2, 0.25) is 6.04 Å². The summed E-state index contributed by atoms with van der Waals surface area (Å²) in [4.78, 5) is 22.7. The van der Waals surface area contributed by atoms with Crippen molar-refractivity contribution >= 4 is 5.97 Å². The second kappa shape index (κ2) is 6.71. The van der Waals surface area contributed by atoms with Gasteiger partial charge in [-0.1, -0.05) is 24.1 Å². The number of para-hydroxylation sites is 1. The van der Waals surface area contributed by atoms with E-state index in [1.54, 1.807) is 24.3 Å². The molecule has 20 heavy (non-hydrogen) atoms. The molecule has 0 N–H and O–H groups in total. The molecule has 0 amide bonds. The molecule has 0 saturated carbocycles. The van der Waals surface area contributed by atoms with Crippen molar-refractivity contribution in [2.45, 2.75) is 31.7 Å². The third kappa shape index (κ3) is 3.82. The van der Waals surface area contributed by atoms with E-state index in [-0.39, 0.29) is 11.3 Å². The summed E-state index contributed by atoms with van der Waals surface area (Å²) < 4.78 is 5.21. The number of carbonyl (C=O) groups is 1. The van der Waals surface area contributed by atoms with Gasteiger partial charge in [-0.2, -0.15) is 0 Å². The van der Waals surface area contributed by atoms with Crippen molar-refractivity contribution in [1.82, 2.24) is 0 Å². The van der Waals surface area contributed by atoms with Crippen LogP contribution in [0.1, 0.15) is 25.7 Å². The van der Waals surface area contributed by atoms with Gasteiger partial charge in [-0.25, -0.2) is 0 Å². The van der Waals surface area contributed by atoms with E-state index in [2.05, 4.69) is 11.8 Å². The Hall–Kier alpha value is -2.35. The van der Waals surface area contributed by atoms with Gasteiger partial charge in [-0.3, -0.25) is 14.9 Å². The fourth-order valence-corrected chi connectivity index (χ4v) is 2.09. The second-order valence-electron chi connectivity index (χ2n) is 4.67. The van der Waals surface area contributed by atoms with Crippen molar-refractivity contribution in [3.8, 4) is 17.6 Å². The van der Waals surface area contributed by atoms with E-state index in [4.69, 9.17) is 4.74 Å². The SMILES string of the molecule is O=C(Oc1ccccc1)C1C#CCCCC([N+](=O)[O-])C1. The van der Waals surface area contributed by atoms with Crippen molar-refractivity contribution in [2.75, 3.05) is 0 Å². The number of nitrogens with zero attached hydrogens (tertiary/aromatic N) is 1. The molecular formula is C15H15NO4. The maximum Gasteiger partial charge on any atom is 0.326 e. The molecule has 2 unspecified atom stereocenters. The summed E-state index contributed by atoms with van der Waals surface area (Å²) in [7, 11) is 0. The summed E-state index contributed by atoms with van der Waals surface area (Å²) in [5, 5.41) is 11.0. The molecule has 0 saturated heterocycles. The Kier molecular flexibility index (Phi) is 4.72. The number of hydrogen-bond donors (Lipinski definition) is 0. The lowest BCUT2D eigenvalue weighted by Gasteiger charge is -2.15. The molecular weight excluding hydrogens is 258 g/mol. The first-order valence-electron chi connectivity index (χ1n) is 6.55. The van der Waals surface area contributed by atoms with Crippen molar-refractivity contribution in [2.24, 2.45) is 5.92 Å². The molecule has 1 aliphatic carbocycles. The van der Waals surface area contributed by atoms with Crippen LogP contribution < -0.4 is 4.74 Å². The highest BCUT2D eigenvalue weighted by Gasteiger charge is 2.30. The average Bonchev–Trinajstić information content (AvgIpc) is 2.39. The van der Waals surface area contributed by atoms with Gasteiger partial charge in [-0.05, 0) is 18.6 Å². The molecule has 1 aliphatic rings. The maximum atomic E-state index is 12.1. The van der Waals surface area contributed by atoms with Gasteiger partial charge in [0.1, 0.15) is 11.7 Å². The van der Waals surface area contributed by atoms with E-state index in [1.807, 2.05) is 6.07 Å². The molecule has 0 spiro atoms. The van der Waals surface area contributed by atoms with Crippen LogP contribution >= 0.6 is 0 Å². The minimum Gasteiger partial charge on any atom is -0.426 e. The van der Waals surface area contributed by atoms with Crippen LogP contribution in [0.4, 0.5) is 0 Å². The van der Waals surface area contributed by atoms with Crippen LogP contribution in [0.3, 0.4) is 0 Å². The van der Waals surface area contributed by atoms with E-state index in [9.17, 15) is 14.9 Å². The predicted molar refractivity (Wildman–Crippen MR) is 72.6 cm³/mol. The zero-order chi connectivity index (χ0) is 14.4. The van der Waals surface area contributed by atoms with Gasteiger partial charge < -0.3 is 4.74 Å². The lowest BCUT2D eigenvalue weighted by molar-refractivity contribution is -0.525. The number of esters is 1. The van der Waals surface area contributed by atoms with Crippen molar-refractivity contribution < 1.29 is 14.5 Å². The number of ether oxygens (including phenoxy) is 1. The molecule has 0 aromatic heterocycles. The fraction of sp³-hybridized carbons (Fsp3) is 0.400. The summed E-state index contributed by atoms with van der Waals surface area (Å²) in [6.07, 6.45) is 1.85. The summed E-state index contributed by atoms with van der Waals surface area (Å²) in [5.74, 6) is 4.87. The van der Waals surface area contributed by atoms with Gasteiger partial charge in [0.25, 0.3) is 0 Å². The Morgan fingerprint density at radius 3 is 2.80 bits per heavy atom. The lowest BCUT2D eigenvalue weighted by Crippen LogP contribution is -2.29. The molecule has 0 fully saturated rings. The topological polar surface area (TPSA) is 69.4 Å². The number of benzene rings is 1. The van der Waals surface area contributed by atoms with E-state index >= 15 is 0 Å². The Morgan fingerprint density at radius 1 is 1.35 bits per heavy atom. The number of hydrogen-bond acceptors (Lipinski definition) is 4. The minimum atomic E-state index is -0.731.